The Hall–Kier alpha value is -1.84. The number of aliphatic hydroxyl groups is 2. The van der Waals surface area contributed by atoms with Crippen LogP contribution in [0.1, 0.15) is 6.42 Å². The fourth-order valence-electron chi connectivity index (χ4n) is 1.92. The van der Waals surface area contributed by atoms with Crippen LogP contribution in [0.25, 0.3) is 0 Å². The first-order valence-corrected chi connectivity index (χ1v) is 7.57. The van der Waals surface area contributed by atoms with Crippen LogP contribution in [-0.4, -0.2) is 54.9 Å². The van der Waals surface area contributed by atoms with E-state index in [0.29, 0.717) is 0 Å². The Balaban J connectivity index is 2.10. The van der Waals surface area contributed by atoms with Crippen molar-refractivity contribution in [1.82, 2.24) is 4.90 Å². The van der Waals surface area contributed by atoms with Gasteiger partial charge in [0.15, 0.2) is 17.6 Å². The summed E-state index contributed by atoms with van der Waals surface area (Å²) in [6.07, 6.45) is 1.73. The average Bonchev–Trinajstić information content (AvgIpc) is 2.72. The van der Waals surface area contributed by atoms with E-state index in [1.54, 1.807) is 0 Å². The summed E-state index contributed by atoms with van der Waals surface area (Å²) in [6, 6.07) is 0. The highest BCUT2D eigenvalue weighted by Crippen LogP contribution is 2.38. The number of ether oxygens (including phenoxy) is 1. The molecule has 0 amide bonds. The van der Waals surface area contributed by atoms with Crippen molar-refractivity contribution in [2.24, 2.45) is 0 Å². The molecular weight excluding hydrogens is 321 g/mol. The van der Waals surface area contributed by atoms with Crippen LogP contribution in [0.2, 0.25) is 0 Å². The lowest BCUT2D eigenvalue weighted by molar-refractivity contribution is -0.133. The van der Waals surface area contributed by atoms with Crippen molar-refractivity contribution in [1.29, 1.82) is 0 Å². The molecule has 2 rings (SSSR count). The second kappa shape index (κ2) is 6.11. The maximum Gasteiger partial charge on any atom is 0.470 e. The van der Waals surface area contributed by atoms with Gasteiger partial charge in [-0.15, -0.1) is 0 Å². The molecule has 10 nitrogen and oxygen atoms in total. The molecule has 1 unspecified atom stereocenters. The summed E-state index contributed by atoms with van der Waals surface area (Å²) < 4.78 is 20.0. The molecule has 0 aromatic carbocycles. The van der Waals surface area contributed by atoms with E-state index in [-0.39, 0.29) is 17.8 Å². The van der Waals surface area contributed by atoms with Crippen molar-refractivity contribution in [2.75, 3.05) is 6.61 Å². The van der Waals surface area contributed by atoms with Crippen molar-refractivity contribution in [3.8, 4) is 0 Å². The van der Waals surface area contributed by atoms with Crippen LogP contribution < -0.4 is 0 Å². The summed E-state index contributed by atoms with van der Waals surface area (Å²) in [6.45, 7) is -0.739. The number of aliphatic carboxylic acids is 1. The van der Waals surface area contributed by atoms with E-state index < -0.39 is 38.5 Å². The van der Waals surface area contributed by atoms with Gasteiger partial charge < -0.3 is 34.7 Å². The number of phosphoric ester groups is 1. The number of rotatable bonds is 5. The Bertz CT molecular complexity index is 605. The van der Waals surface area contributed by atoms with Gasteiger partial charge in [-0.2, -0.15) is 0 Å². The van der Waals surface area contributed by atoms with E-state index in [1.165, 1.54) is 23.4 Å². The fourth-order valence-corrected chi connectivity index (χ4v) is 2.21. The van der Waals surface area contributed by atoms with Gasteiger partial charge in [-0.25, -0.2) is 9.36 Å². The first-order valence-electron chi connectivity index (χ1n) is 6.04. The van der Waals surface area contributed by atoms with Gasteiger partial charge in [0.25, 0.3) is 0 Å². The van der Waals surface area contributed by atoms with Gasteiger partial charge in [-0.05, 0) is 0 Å². The zero-order valence-corrected chi connectivity index (χ0v) is 12.0. The van der Waals surface area contributed by atoms with E-state index in [4.69, 9.17) is 19.6 Å². The lowest BCUT2D eigenvalue weighted by atomic mass is 10.1. The number of hydrogen-bond acceptors (Lipinski definition) is 7. The van der Waals surface area contributed by atoms with Gasteiger partial charge in [0.1, 0.15) is 6.61 Å². The quantitative estimate of drug-likeness (QED) is 0.425. The molecule has 122 valence electrons. The van der Waals surface area contributed by atoms with E-state index in [0.717, 1.165) is 0 Å². The molecule has 0 radical (unpaired) electrons. The molecule has 0 saturated carbocycles. The monoisotopic (exact) mass is 335 g/mol. The predicted octanol–water partition coefficient (Wildman–Crippen LogP) is -0.230. The van der Waals surface area contributed by atoms with Gasteiger partial charge in [0.05, 0.1) is 5.57 Å². The standard InChI is InChI=1S/C11H14NO9P/c13-8-7(5-20-22(17,18)19)21-10(9(8)14)12-3-1-2-6(4-12)11(15)16/h1,3-4,9-10,13-14H,2,5H2,(H,15,16)(H2,17,18,19)/t9?,10-/m1/s1. The topological polar surface area (TPSA) is 157 Å². The number of nitrogens with zero attached hydrogens (tertiary/aromatic N) is 1. The second-order valence-electron chi connectivity index (χ2n) is 4.52. The molecule has 2 heterocycles. The molecule has 0 spiro atoms. The van der Waals surface area contributed by atoms with Crippen molar-refractivity contribution < 1.29 is 43.7 Å². The van der Waals surface area contributed by atoms with Crippen LogP contribution in [0.3, 0.4) is 0 Å². The molecule has 2 atom stereocenters. The summed E-state index contributed by atoms with van der Waals surface area (Å²) >= 11 is 0. The summed E-state index contributed by atoms with van der Waals surface area (Å²) in [4.78, 5) is 29.4. The molecule has 0 saturated heterocycles. The summed E-state index contributed by atoms with van der Waals surface area (Å²) in [7, 11) is -4.76. The molecule has 0 aromatic heterocycles. The molecule has 5 N–H and O–H groups in total. The van der Waals surface area contributed by atoms with E-state index >= 15 is 0 Å². The lowest BCUT2D eigenvalue weighted by Crippen LogP contribution is -2.37. The minimum absolute atomic E-state index is 0.0534. The Labute approximate surface area is 124 Å². The van der Waals surface area contributed by atoms with Crippen molar-refractivity contribution in [3.05, 3.63) is 35.6 Å². The molecule has 0 bridgehead atoms. The number of allylic oxidation sites excluding steroid dienone is 1. The molecule has 0 aliphatic carbocycles. The number of carboxylic acids is 1. The molecule has 2 aliphatic rings. The first kappa shape index (κ1) is 16.5. The highest BCUT2D eigenvalue weighted by molar-refractivity contribution is 7.46. The third-order valence-electron chi connectivity index (χ3n) is 2.95. The molecular formula is C11H14NO9P. The Morgan fingerprint density at radius 1 is 1.50 bits per heavy atom. The number of hydrogen-bond donors (Lipinski definition) is 5. The van der Waals surface area contributed by atoms with Gasteiger partial charge in [-0.1, -0.05) is 6.08 Å². The third-order valence-corrected chi connectivity index (χ3v) is 3.42. The van der Waals surface area contributed by atoms with Gasteiger partial charge >= 0.3 is 13.8 Å². The SMILES string of the molecule is O=C(O)C1=CN([C@@H]2OC(COP(=O)(O)O)=C(O)C2O)C=CC1. The highest BCUT2D eigenvalue weighted by Gasteiger charge is 2.39. The number of phosphoric acid groups is 1. The Morgan fingerprint density at radius 3 is 2.77 bits per heavy atom. The summed E-state index contributed by atoms with van der Waals surface area (Å²) in [5, 5.41) is 28.6. The van der Waals surface area contributed by atoms with Crippen molar-refractivity contribution in [3.63, 3.8) is 0 Å². The minimum Gasteiger partial charge on any atom is -0.506 e. The summed E-state index contributed by atoms with van der Waals surface area (Å²) in [5.41, 5.74) is 0.0534. The smallest absolute Gasteiger partial charge is 0.470 e. The van der Waals surface area contributed by atoms with Crippen LogP contribution in [0.15, 0.2) is 35.6 Å². The fraction of sp³-hybridized carbons (Fsp3) is 0.364. The average molecular weight is 335 g/mol. The zero-order chi connectivity index (χ0) is 16.5. The largest absolute Gasteiger partial charge is 0.506 e. The van der Waals surface area contributed by atoms with Crippen LogP contribution in [0.5, 0.6) is 0 Å². The molecule has 11 heteroatoms. The number of aliphatic hydroxyl groups excluding tert-OH is 2. The van der Waals surface area contributed by atoms with Crippen molar-refractivity contribution in [2.45, 2.75) is 18.8 Å². The maximum absolute atomic E-state index is 10.9. The molecule has 0 aromatic rings. The Morgan fingerprint density at radius 2 is 2.18 bits per heavy atom. The lowest BCUT2D eigenvalue weighted by Gasteiger charge is -2.28. The number of carboxylic acid groups (broad SMARTS) is 1. The van der Waals surface area contributed by atoms with Gasteiger partial charge in [0, 0.05) is 18.8 Å². The minimum atomic E-state index is -4.76. The van der Waals surface area contributed by atoms with Crippen LogP contribution in [0.4, 0.5) is 0 Å². The maximum atomic E-state index is 10.9. The van der Waals surface area contributed by atoms with Crippen LogP contribution in [0, 0.1) is 0 Å². The van der Waals surface area contributed by atoms with Crippen LogP contribution in [-0.2, 0) is 18.6 Å². The van der Waals surface area contributed by atoms with E-state index in [2.05, 4.69) is 4.52 Å². The second-order valence-corrected chi connectivity index (χ2v) is 5.76. The van der Waals surface area contributed by atoms with Gasteiger partial charge in [0.2, 0.25) is 6.23 Å². The zero-order valence-electron chi connectivity index (χ0n) is 11.1. The van der Waals surface area contributed by atoms with E-state index in [9.17, 15) is 19.6 Å². The molecule has 22 heavy (non-hydrogen) atoms. The predicted molar refractivity (Wildman–Crippen MR) is 69.8 cm³/mol. The third kappa shape index (κ3) is 3.67. The normalized spacial score (nSPS) is 25.2. The number of carbonyl (C=O) groups is 1. The molecule has 0 fully saturated rings. The highest BCUT2D eigenvalue weighted by atomic mass is 31.2. The Kier molecular flexibility index (Phi) is 4.59. The summed E-state index contributed by atoms with van der Waals surface area (Å²) in [5.74, 6) is -2.11. The van der Waals surface area contributed by atoms with Crippen LogP contribution >= 0.6 is 7.82 Å². The van der Waals surface area contributed by atoms with Crippen molar-refractivity contribution >= 4 is 13.8 Å². The van der Waals surface area contributed by atoms with E-state index in [1.807, 2.05) is 0 Å². The van der Waals surface area contributed by atoms with Gasteiger partial charge in [-0.3, -0.25) is 4.52 Å². The first-order chi connectivity index (χ1) is 10.2. The molecule has 2 aliphatic heterocycles.